The summed E-state index contributed by atoms with van der Waals surface area (Å²) >= 11 is 0. The lowest BCUT2D eigenvalue weighted by molar-refractivity contribution is -0.142. The van der Waals surface area contributed by atoms with Crippen LogP contribution in [0.3, 0.4) is 0 Å². The highest BCUT2D eigenvalue weighted by molar-refractivity contribution is 5.37. The molecule has 0 spiro atoms. The first kappa shape index (κ1) is 14.4. The minimum atomic E-state index is -4.33. The van der Waals surface area contributed by atoms with Gasteiger partial charge in [0.2, 0.25) is 0 Å². The maximum Gasteiger partial charge on any atom is 0.416 e. The highest BCUT2D eigenvalue weighted by Gasteiger charge is 2.54. The number of aliphatic hydroxyl groups excluding tert-OH is 1. The third-order valence-corrected chi connectivity index (χ3v) is 4.77. The summed E-state index contributed by atoms with van der Waals surface area (Å²) in [4.78, 5) is 0. The number of halogens is 3. The number of alkyl halides is 3. The monoisotopic (exact) mass is 272 g/mol. The van der Waals surface area contributed by atoms with Gasteiger partial charge in [-0.2, -0.15) is 13.2 Å². The van der Waals surface area contributed by atoms with Crippen LogP contribution in [0.1, 0.15) is 50.2 Å². The smallest absolute Gasteiger partial charge is 0.393 e. The molecule has 1 aromatic rings. The molecule has 1 aromatic carbocycles. The first-order chi connectivity index (χ1) is 8.86. The highest BCUT2D eigenvalue weighted by atomic mass is 19.4. The van der Waals surface area contributed by atoms with Crippen LogP contribution in [0.15, 0.2) is 24.3 Å². The molecule has 2 unspecified atom stereocenters. The zero-order chi connectivity index (χ0) is 14.3. The topological polar surface area (TPSA) is 20.2 Å². The summed E-state index contributed by atoms with van der Waals surface area (Å²) in [7, 11) is 0. The van der Waals surface area contributed by atoms with Gasteiger partial charge < -0.3 is 5.11 Å². The van der Waals surface area contributed by atoms with Crippen LogP contribution in [0.25, 0.3) is 0 Å². The Kier molecular flexibility index (Phi) is 3.65. The summed E-state index contributed by atoms with van der Waals surface area (Å²) in [5.41, 5.74) is -0.622. The van der Waals surface area contributed by atoms with E-state index in [1.807, 2.05) is 13.8 Å². The molecular weight excluding hydrogens is 253 g/mol. The van der Waals surface area contributed by atoms with Crippen molar-refractivity contribution < 1.29 is 18.3 Å². The van der Waals surface area contributed by atoms with Crippen molar-refractivity contribution in [3.63, 3.8) is 0 Å². The molecule has 1 saturated carbocycles. The van der Waals surface area contributed by atoms with E-state index in [2.05, 4.69) is 0 Å². The molecule has 0 radical (unpaired) electrons. The second kappa shape index (κ2) is 4.82. The van der Waals surface area contributed by atoms with Crippen molar-refractivity contribution >= 4 is 0 Å². The van der Waals surface area contributed by atoms with E-state index in [1.165, 1.54) is 6.07 Å². The van der Waals surface area contributed by atoms with Crippen molar-refractivity contribution in [1.82, 2.24) is 0 Å². The molecule has 0 saturated heterocycles. The average molecular weight is 272 g/mol. The lowest BCUT2D eigenvalue weighted by Crippen LogP contribution is -2.51. The zero-order valence-corrected chi connectivity index (χ0v) is 11.2. The first-order valence-electron chi connectivity index (χ1n) is 6.71. The van der Waals surface area contributed by atoms with Gasteiger partial charge in [-0.25, -0.2) is 0 Å². The molecule has 106 valence electrons. The van der Waals surface area contributed by atoms with Crippen LogP contribution in [-0.4, -0.2) is 11.2 Å². The van der Waals surface area contributed by atoms with Gasteiger partial charge in [0, 0.05) is 5.41 Å². The van der Waals surface area contributed by atoms with Crippen LogP contribution in [0.5, 0.6) is 0 Å². The molecule has 1 aliphatic rings. The van der Waals surface area contributed by atoms with Gasteiger partial charge in [0.15, 0.2) is 0 Å². The SMILES string of the molecule is CCC1(CC)C(O)CC1c1ccccc1C(F)(F)F. The van der Waals surface area contributed by atoms with E-state index in [1.54, 1.807) is 12.1 Å². The number of hydrogen-bond donors (Lipinski definition) is 1. The van der Waals surface area contributed by atoms with Crippen molar-refractivity contribution in [2.75, 3.05) is 0 Å². The van der Waals surface area contributed by atoms with Crippen LogP contribution in [-0.2, 0) is 6.18 Å². The quantitative estimate of drug-likeness (QED) is 0.866. The van der Waals surface area contributed by atoms with Gasteiger partial charge in [0.25, 0.3) is 0 Å². The molecule has 1 N–H and O–H groups in total. The van der Waals surface area contributed by atoms with Crippen molar-refractivity contribution in [3.05, 3.63) is 35.4 Å². The van der Waals surface area contributed by atoms with E-state index in [0.717, 1.165) is 6.07 Å². The number of hydrogen-bond acceptors (Lipinski definition) is 1. The Balaban J connectivity index is 2.44. The number of aliphatic hydroxyl groups is 1. The van der Waals surface area contributed by atoms with E-state index >= 15 is 0 Å². The molecule has 0 amide bonds. The van der Waals surface area contributed by atoms with Gasteiger partial charge in [-0.05, 0) is 36.8 Å². The Morgan fingerprint density at radius 3 is 2.26 bits per heavy atom. The zero-order valence-electron chi connectivity index (χ0n) is 11.2. The van der Waals surface area contributed by atoms with Crippen molar-refractivity contribution in [1.29, 1.82) is 0 Å². The van der Waals surface area contributed by atoms with Gasteiger partial charge in [-0.1, -0.05) is 32.0 Å². The summed E-state index contributed by atoms with van der Waals surface area (Å²) < 4.78 is 39.2. The van der Waals surface area contributed by atoms with Gasteiger partial charge in [-0.3, -0.25) is 0 Å². The number of rotatable bonds is 3. The predicted molar refractivity (Wildman–Crippen MR) is 67.8 cm³/mol. The predicted octanol–water partition coefficient (Wildman–Crippen LogP) is 4.36. The Hall–Kier alpha value is -1.03. The van der Waals surface area contributed by atoms with Crippen molar-refractivity contribution in [3.8, 4) is 0 Å². The van der Waals surface area contributed by atoms with Crippen LogP contribution in [0.2, 0.25) is 0 Å². The molecule has 1 aliphatic carbocycles. The molecular formula is C15H19F3O. The third-order valence-electron chi connectivity index (χ3n) is 4.77. The van der Waals surface area contributed by atoms with Crippen LogP contribution >= 0.6 is 0 Å². The van der Waals surface area contributed by atoms with Crippen molar-refractivity contribution in [2.45, 2.75) is 51.3 Å². The fourth-order valence-corrected chi connectivity index (χ4v) is 3.47. The molecule has 19 heavy (non-hydrogen) atoms. The Labute approximate surface area is 111 Å². The molecule has 2 rings (SSSR count). The summed E-state index contributed by atoms with van der Waals surface area (Å²) in [5.74, 6) is -0.199. The maximum absolute atomic E-state index is 13.1. The van der Waals surface area contributed by atoms with Crippen LogP contribution in [0, 0.1) is 5.41 Å². The van der Waals surface area contributed by atoms with Gasteiger partial charge in [0.1, 0.15) is 0 Å². The second-order valence-electron chi connectivity index (χ2n) is 5.33. The highest BCUT2D eigenvalue weighted by Crippen LogP contribution is 2.58. The summed E-state index contributed by atoms with van der Waals surface area (Å²) in [6.45, 7) is 3.88. The van der Waals surface area contributed by atoms with Gasteiger partial charge >= 0.3 is 6.18 Å². The minimum Gasteiger partial charge on any atom is -0.393 e. The van der Waals surface area contributed by atoms with E-state index < -0.39 is 23.3 Å². The minimum absolute atomic E-state index is 0.199. The lowest BCUT2D eigenvalue weighted by Gasteiger charge is -2.54. The summed E-state index contributed by atoms with van der Waals surface area (Å²) in [6, 6.07) is 5.75. The van der Waals surface area contributed by atoms with E-state index in [0.29, 0.717) is 24.8 Å². The first-order valence-corrected chi connectivity index (χ1v) is 6.71. The molecule has 0 aromatic heterocycles. The molecule has 4 heteroatoms. The lowest BCUT2D eigenvalue weighted by atomic mass is 9.52. The molecule has 1 fully saturated rings. The normalized spacial score (nSPS) is 26.0. The molecule has 0 bridgehead atoms. The van der Waals surface area contributed by atoms with E-state index in [4.69, 9.17) is 0 Å². The molecule has 2 atom stereocenters. The third kappa shape index (κ3) is 2.16. The van der Waals surface area contributed by atoms with Crippen LogP contribution < -0.4 is 0 Å². The van der Waals surface area contributed by atoms with Gasteiger partial charge in [0.05, 0.1) is 11.7 Å². The second-order valence-corrected chi connectivity index (χ2v) is 5.33. The fourth-order valence-electron chi connectivity index (χ4n) is 3.47. The van der Waals surface area contributed by atoms with Crippen LogP contribution in [0.4, 0.5) is 13.2 Å². The van der Waals surface area contributed by atoms with E-state index in [-0.39, 0.29) is 5.92 Å². The molecule has 1 nitrogen and oxygen atoms in total. The average Bonchev–Trinajstić information content (AvgIpc) is 2.36. The van der Waals surface area contributed by atoms with E-state index in [9.17, 15) is 18.3 Å². The summed E-state index contributed by atoms with van der Waals surface area (Å²) in [5, 5.41) is 10.0. The Bertz CT molecular complexity index is 449. The Morgan fingerprint density at radius 2 is 1.79 bits per heavy atom. The summed E-state index contributed by atoms with van der Waals surface area (Å²) in [6.07, 6.45) is -3.00. The maximum atomic E-state index is 13.1. The number of benzene rings is 1. The largest absolute Gasteiger partial charge is 0.416 e. The van der Waals surface area contributed by atoms with Crippen molar-refractivity contribution in [2.24, 2.45) is 5.41 Å². The van der Waals surface area contributed by atoms with Gasteiger partial charge in [-0.15, -0.1) is 0 Å². The standard InChI is InChI=1S/C15H19F3O/c1-3-14(4-2)12(9-13(14)19)10-7-5-6-8-11(10)15(16,17)18/h5-8,12-13,19H,3-4,9H2,1-2H3. The molecule has 0 heterocycles. The fraction of sp³-hybridized carbons (Fsp3) is 0.600. The Morgan fingerprint density at radius 1 is 1.21 bits per heavy atom. The molecule has 0 aliphatic heterocycles.